The molecule has 4 nitrogen and oxygen atoms in total. The Morgan fingerprint density at radius 2 is 2.12 bits per heavy atom. The smallest absolute Gasteiger partial charge is 0.0832 e. The first-order valence-corrected chi connectivity index (χ1v) is 5.39. The lowest BCUT2D eigenvalue weighted by atomic mass is 10.1. The van der Waals surface area contributed by atoms with Crippen molar-refractivity contribution in [3.8, 4) is 0 Å². The first-order chi connectivity index (χ1) is 7.79. The molecule has 0 aliphatic heterocycles. The molecule has 84 valence electrons. The minimum absolute atomic E-state index is 0.488. The van der Waals surface area contributed by atoms with E-state index in [1.807, 2.05) is 29.9 Å². The van der Waals surface area contributed by atoms with E-state index in [1.54, 1.807) is 18.6 Å². The molecule has 0 aromatic carbocycles. The van der Waals surface area contributed by atoms with Gasteiger partial charge in [-0.2, -0.15) is 5.10 Å². The van der Waals surface area contributed by atoms with Crippen LogP contribution in [-0.4, -0.2) is 19.9 Å². The minimum atomic E-state index is -0.488. The molecule has 4 heteroatoms. The number of aromatic nitrogens is 3. The summed E-state index contributed by atoms with van der Waals surface area (Å²) in [7, 11) is 0. The highest BCUT2D eigenvalue weighted by Gasteiger charge is 2.09. The highest BCUT2D eigenvalue weighted by Crippen LogP contribution is 2.16. The number of aliphatic hydroxyl groups is 1. The summed E-state index contributed by atoms with van der Waals surface area (Å²) < 4.78 is 1.86. The zero-order valence-electron chi connectivity index (χ0n) is 9.24. The molecule has 0 bridgehead atoms. The van der Waals surface area contributed by atoms with Gasteiger partial charge >= 0.3 is 0 Å². The largest absolute Gasteiger partial charge is 0.388 e. The van der Waals surface area contributed by atoms with Crippen LogP contribution in [0, 0.1) is 0 Å². The average molecular weight is 217 g/mol. The van der Waals surface area contributed by atoms with Gasteiger partial charge in [0.05, 0.1) is 12.3 Å². The van der Waals surface area contributed by atoms with Crippen LogP contribution in [0.1, 0.15) is 24.2 Å². The highest BCUT2D eigenvalue weighted by atomic mass is 16.3. The third-order valence-corrected chi connectivity index (χ3v) is 2.53. The first kappa shape index (κ1) is 10.8. The molecule has 2 rings (SSSR count). The summed E-state index contributed by atoms with van der Waals surface area (Å²) in [5.74, 6) is 0. The first-order valence-electron chi connectivity index (χ1n) is 5.39. The second-order valence-electron chi connectivity index (χ2n) is 3.70. The number of hydrogen-bond acceptors (Lipinski definition) is 3. The molecule has 2 aromatic rings. The molecular weight excluding hydrogens is 202 g/mol. The van der Waals surface area contributed by atoms with Gasteiger partial charge in [0.1, 0.15) is 0 Å². The molecule has 2 heterocycles. The van der Waals surface area contributed by atoms with E-state index >= 15 is 0 Å². The van der Waals surface area contributed by atoms with Gasteiger partial charge in [-0.25, -0.2) is 0 Å². The molecule has 0 saturated carbocycles. The van der Waals surface area contributed by atoms with E-state index in [9.17, 15) is 5.11 Å². The summed E-state index contributed by atoms with van der Waals surface area (Å²) in [5, 5.41) is 14.2. The maximum atomic E-state index is 9.99. The van der Waals surface area contributed by atoms with Gasteiger partial charge in [-0.15, -0.1) is 0 Å². The highest BCUT2D eigenvalue weighted by molar-refractivity contribution is 5.16. The molecule has 0 spiro atoms. The van der Waals surface area contributed by atoms with Crippen LogP contribution in [-0.2, 0) is 13.0 Å². The fourth-order valence-corrected chi connectivity index (χ4v) is 1.61. The third-order valence-electron chi connectivity index (χ3n) is 2.53. The summed E-state index contributed by atoms with van der Waals surface area (Å²) in [6.45, 7) is 2.89. The van der Waals surface area contributed by atoms with Crippen LogP contribution in [0.15, 0.2) is 36.9 Å². The molecule has 1 unspecified atom stereocenters. The maximum absolute atomic E-state index is 9.99. The summed E-state index contributed by atoms with van der Waals surface area (Å²) in [5.41, 5.74) is 1.94. The van der Waals surface area contributed by atoms with Gasteiger partial charge in [0, 0.05) is 31.6 Å². The van der Waals surface area contributed by atoms with E-state index in [2.05, 4.69) is 10.1 Å². The SMILES string of the molecule is CCn1cc(CC(O)c2ccncc2)cn1. The molecule has 2 aromatic heterocycles. The van der Waals surface area contributed by atoms with E-state index in [-0.39, 0.29) is 0 Å². The second-order valence-corrected chi connectivity index (χ2v) is 3.70. The van der Waals surface area contributed by atoms with Crippen molar-refractivity contribution in [2.45, 2.75) is 26.0 Å². The van der Waals surface area contributed by atoms with Crippen molar-refractivity contribution in [1.82, 2.24) is 14.8 Å². The quantitative estimate of drug-likeness (QED) is 0.845. The second kappa shape index (κ2) is 4.90. The standard InChI is InChI=1S/C12H15N3O/c1-2-15-9-10(8-14-15)7-12(16)11-3-5-13-6-4-11/h3-6,8-9,12,16H,2,7H2,1H3. The van der Waals surface area contributed by atoms with E-state index in [0.29, 0.717) is 6.42 Å². The normalized spacial score (nSPS) is 12.6. The molecule has 0 saturated heterocycles. The third kappa shape index (κ3) is 2.46. The number of nitrogens with zero attached hydrogens (tertiary/aromatic N) is 3. The van der Waals surface area contributed by atoms with Gasteiger partial charge < -0.3 is 5.11 Å². The van der Waals surface area contributed by atoms with Crippen molar-refractivity contribution >= 4 is 0 Å². The molecule has 16 heavy (non-hydrogen) atoms. The molecule has 0 aliphatic carbocycles. The van der Waals surface area contributed by atoms with Crippen LogP contribution in [0.3, 0.4) is 0 Å². The van der Waals surface area contributed by atoms with Crippen molar-refractivity contribution in [3.63, 3.8) is 0 Å². The van der Waals surface area contributed by atoms with Gasteiger partial charge in [0.2, 0.25) is 0 Å². The Balaban J connectivity index is 2.05. The summed E-state index contributed by atoms with van der Waals surface area (Å²) in [4.78, 5) is 3.92. The average Bonchev–Trinajstić information content (AvgIpc) is 2.78. The molecule has 0 radical (unpaired) electrons. The fourth-order valence-electron chi connectivity index (χ4n) is 1.61. The number of hydrogen-bond donors (Lipinski definition) is 1. The monoisotopic (exact) mass is 217 g/mol. The van der Waals surface area contributed by atoms with Crippen molar-refractivity contribution in [1.29, 1.82) is 0 Å². The van der Waals surface area contributed by atoms with Gasteiger partial charge in [-0.1, -0.05) is 0 Å². The lowest BCUT2D eigenvalue weighted by Crippen LogP contribution is -2.01. The lowest BCUT2D eigenvalue weighted by Gasteiger charge is -2.08. The van der Waals surface area contributed by atoms with E-state index < -0.39 is 6.10 Å². The van der Waals surface area contributed by atoms with Gasteiger partial charge in [-0.05, 0) is 30.2 Å². The summed E-state index contributed by atoms with van der Waals surface area (Å²) in [6.07, 6.45) is 7.24. The number of aliphatic hydroxyl groups excluding tert-OH is 1. The Morgan fingerprint density at radius 3 is 2.75 bits per heavy atom. The van der Waals surface area contributed by atoms with Crippen LogP contribution in [0.4, 0.5) is 0 Å². The molecular formula is C12H15N3O. The molecule has 0 amide bonds. The van der Waals surface area contributed by atoms with Crippen LogP contribution in [0.5, 0.6) is 0 Å². The number of aryl methyl sites for hydroxylation is 1. The Hall–Kier alpha value is -1.68. The Bertz CT molecular complexity index is 439. The van der Waals surface area contributed by atoms with Crippen molar-refractivity contribution in [2.75, 3.05) is 0 Å². The zero-order valence-corrected chi connectivity index (χ0v) is 9.24. The maximum Gasteiger partial charge on any atom is 0.0832 e. The van der Waals surface area contributed by atoms with Gasteiger partial charge in [-0.3, -0.25) is 9.67 Å². The Morgan fingerprint density at radius 1 is 1.38 bits per heavy atom. The number of pyridine rings is 1. The fraction of sp³-hybridized carbons (Fsp3) is 0.333. The summed E-state index contributed by atoms with van der Waals surface area (Å²) in [6, 6.07) is 3.66. The van der Waals surface area contributed by atoms with Crippen LogP contribution >= 0.6 is 0 Å². The Kier molecular flexibility index (Phi) is 3.31. The van der Waals surface area contributed by atoms with E-state index in [4.69, 9.17) is 0 Å². The van der Waals surface area contributed by atoms with E-state index in [0.717, 1.165) is 17.7 Å². The van der Waals surface area contributed by atoms with E-state index in [1.165, 1.54) is 0 Å². The van der Waals surface area contributed by atoms with Crippen LogP contribution < -0.4 is 0 Å². The van der Waals surface area contributed by atoms with Crippen molar-refractivity contribution in [3.05, 3.63) is 48.0 Å². The lowest BCUT2D eigenvalue weighted by molar-refractivity contribution is 0.178. The predicted octanol–water partition coefficient (Wildman–Crippen LogP) is 1.57. The zero-order chi connectivity index (χ0) is 11.4. The topological polar surface area (TPSA) is 50.9 Å². The predicted molar refractivity (Wildman–Crippen MR) is 60.8 cm³/mol. The van der Waals surface area contributed by atoms with Gasteiger partial charge in [0.25, 0.3) is 0 Å². The van der Waals surface area contributed by atoms with Crippen molar-refractivity contribution < 1.29 is 5.11 Å². The molecule has 0 aliphatic rings. The minimum Gasteiger partial charge on any atom is -0.388 e. The van der Waals surface area contributed by atoms with Crippen LogP contribution in [0.2, 0.25) is 0 Å². The molecule has 1 atom stereocenters. The molecule has 1 N–H and O–H groups in total. The van der Waals surface area contributed by atoms with Crippen molar-refractivity contribution in [2.24, 2.45) is 0 Å². The van der Waals surface area contributed by atoms with Crippen LogP contribution in [0.25, 0.3) is 0 Å². The Labute approximate surface area is 94.6 Å². The molecule has 0 fully saturated rings. The van der Waals surface area contributed by atoms with Gasteiger partial charge in [0.15, 0.2) is 0 Å². The number of rotatable bonds is 4. The summed E-state index contributed by atoms with van der Waals surface area (Å²) >= 11 is 0.